The van der Waals surface area contributed by atoms with Gasteiger partial charge < -0.3 is 24.6 Å². The fraction of sp³-hybridized carbons (Fsp3) is 0.480. The van der Waals surface area contributed by atoms with Gasteiger partial charge in [-0.15, -0.1) is 0 Å². The van der Waals surface area contributed by atoms with E-state index in [2.05, 4.69) is 47.2 Å². The number of benzene rings is 2. The Morgan fingerprint density at radius 3 is 2.68 bits per heavy atom. The minimum Gasteiger partial charge on any atom is -0.497 e. The van der Waals surface area contributed by atoms with Crippen molar-refractivity contribution in [2.75, 3.05) is 43.7 Å². The van der Waals surface area contributed by atoms with Crippen LogP contribution in [0.3, 0.4) is 0 Å². The van der Waals surface area contributed by atoms with Gasteiger partial charge in [-0.3, -0.25) is 4.79 Å². The van der Waals surface area contributed by atoms with E-state index in [-0.39, 0.29) is 23.9 Å². The zero-order valence-corrected chi connectivity index (χ0v) is 18.9. The van der Waals surface area contributed by atoms with Crippen molar-refractivity contribution in [3.8, 4) is 11.5 Å². The van der Waals surface area contributed by atoms with E-state index in [0.29, 0.717) is 0 Å². The third-order valence-electron chi connectivity index (χ3n) is 6.69. The number of fused-ring (bicyclic) bond motifs is 3. The van der Waals surface area contributed by atoms with Gasteiger partial charge in [0.05, 0.1) is 31.9 Å². The Bertz CT molecular complexity index is 932. The summed E-state index contributed by atoms with van der Waals surface area (Å²) in [5.74, 6) is 1.77. The highest BCUT2D eigenvalue weighted by Gasteiger charge is 2.42. The molecule has 0 saturated carbocycles. The number of nitrogens with zero attached hydrogens (tertiary/aromatic N) is 2. The van der Waals surface area contributed by atoms with E-state index < -0.39 is 0 Å². The van der Waals surface area contributed by atoms with Crippen molar-refractivity contribution in [1.29, 1.82) is 0 Å². The number of anilines is 2. The summed E-state index contributed by atoms with van der Waals surface area (Å²) in [5, 5.41) is 3.23. The first-order valence-electron chi connectivity index (χ1n) is 11.2. The number of hydrogen-bond donors (Lipinski definition) is 1. The summed E-state index contributed by atoms with van der Waals surface area (Å²) in [7, 11) is 3.41. The zero-order valence-electron chi connectivity index (χ0n) is 18.9. The van der Waals surface area contributed by atoms with Crippen molar-refractivity contribution >= 4 is 17.3 Å². The van der Waals surface area contributed by atoms with Crippen molar-refractivity contribution in [3.63, 3.8) is 0 Å². The number of rotatable bonds is 6. The lowest BCUT2D eigenvalue weighted by Gasteiger charge is -2.50. The summed E-state index contributed by atoms with van der Waals surface area (Å²) in [6.45, 7) is 6.65. The largest absolute Gasteiger partial charge is 0.497 e. The van der Waals surface area contributed by atoms with Crippen LogP contribution in [0.2, 0.25) is 0 Å². The molecule has 1 saturated heterocycles. The van der Waals surface area contributed by atoms with Crippen LogP contribution in [0.1, 0.15) is 25.8 Å². The molecule has 2 aromatic carbocycles. The lowest BCUT2D eigenvalue weighted by Crippen LogP contribution is -2.61. The van der Waals surface area contributed by atoms with Crippen LogP contribution >= 0.6 is 0 Å². The molecule has 1 amide bonds. The van der Waals surface area contributed by atoms with Crippen LogP contribution in [-0.2, 0) is 11.2 Å². The van der Waals surface area contributed by atoms with E-state index >= 15 is 0 Å². The number of piperazine rings is 1. The smallest absolute Gasteiger partial charge is 0.225 e. The maximum absolute atomic E-state index is 13.3. The lowest BCUT2D eigenvalue weighted by molar-refractivity contribution is -0.126. The Labute approximate surface area is 185 Å². The summed E-state index contributed by atoms with van der Waals surface area (Å²) in [6.07, 6.45) is 1.66. The van der Waals surface area contributed by atoms with Crippen LogP contribution in [0.4, 0.5) is 11.4 Å². The third-order valence-corrected chi connectivity index (χ3v) is 6.69. The van der Waals surface area contributed by atoms with Gasteiger partial charge in [-0.2, -0.15) is 0 Å². The molecule has 31 heavy (non-hydrogen) atoms. The third kappa shape index (κ3) is 4.16. The van der Waals surface area contributed by atoms with E-state index in [1.165, 1.54) is 11.3 Å². The second-order valence-electron chi connectivity index (χ2n) is 8.50. The first-order valence-corrected chi connectivity index (χ1v) is 11.2. The molecule has 2 aliphatic heterocycles. The molecule has 2 aliphatic rings. The molecule has 3 atom stereocenters. The molecule has 0 aliphatic carbocycles. The van der Waals surface area contributed by atoms with Crippen molar-refractivity contribution in [2.24, 2.45) is 5.92 Å². The molecule has 0 bridgehead atoms. The summed E-state index contributed by atoms with van der Waals surface area (Å²) in [6, 6.07) is 14.6. The first kappa shape index (κ1) is 21.3. The van der Waals surface area contributed by atoms with E-state index in [0.717, 1.165) is 49.7 Å². The molecule has 2 aromatic rings. The first-order chi connectivity index (χ1) is 15.0. The number of amides is 1. The average Bonchev–Trinajstić information content (AvgIpc) is 2.82. The number of methoxy groups -OCH3 is 2. The second kappa shape index (κ2) is 9.08. The molecular formula is C25H33N3O3. The van der Waals surface area contributed by atoms with Gasteiger partial charge in [-0.25, -0.2) is 0 Å². The fourth-order valence-electron chi connectivity index (χ4n) is 4.77. The lowest BCUT2D eigenvalue weighted by atomic mass is 9.83. The molecule has 0 unspecified atom stereocenters. The highest BCUT2D eigenvalue weighted by atomic mass is 16.5. The predicted molar refractivity (Wildman–Crippen MR) is 124 cm³/mol. The van der Waals surface area contributed by atoms with Gasteiger partial charge in [0.15, 0.2) is 0 Å². The maximum atomic E-state index is 13.3. The van der Waals surface area contributed by atoms with Gasteiger partial charge in [0.1, 0.15) is 11.5 Å². The summed E-state index contributed by atoms with van der Waals surface area (Å²) < 4.78 is 11.1. The Balaban J connectivity index is 1.68. The van der Waals surface area contributed by atoms with E-state index in [4.69, 9.17) is 9.47 Å². The Morgan fingerprint density at radius 2 is 1.94 bits per heavy atom. The quantitative estimate of drug-likeness (QED) is 0.771. The molecule has 0 aromatic heterocycles. The molecule has 1 N–H and O–H groups in total. The average molecular weight is 424 g/mol. The number of carbonyl (C=O) groups is 1. The van der Waals surface area contributed by atoms with Crippen LogP contribution in [-0.4, -0.2) is 51.8 Å². The van der Waals surface area contributed by atoms with Crippen molar-refractivity contribution in [2.45, 2.75) is 38.8 Å². The molecule has 0 radical (unpaired) electrons. The molecule has 0 spiro atoms. The molecule has 4 rings (SSSR count). The van der Waals surface area contributed by atoms with Crippen molar-refractivity contribution in [3.05, 3.63) is 48.0 Å². The SMILES string of the molecule is CC[C@H](C)NC(=O)[C@H]1Cc2ccc(OC)cc2N2CCN(c3ccccc3OC)C[C@@H]12. The standard InChI is InChI=1S/C25H33N3O3/c1-5-17(2)26-25(29)20-14-18-10-11-19(30-3)15-22(18)28-13-12-27(16-23(20)28)21-8-6-7-9-24(21)31-4/h6-11,15,17,20,23H,5,12-14,16H2,1-4H3,(H,26,29)/t17-,20-,23-/m0/s1. The number of nitrogens with one attached hydrogen (secondary N) is 1. The van der Waals surface area contributed by atoms with Gasteiger partial charge in [0.2, 0.25) is 5.91 Å². The van der Waals surface area contributed by atoms with Gasteiger partial charge in [0, 0.05) is 37.4 Å². The van der Waals surface area contributed by atoms with Crippen LogP contribution in [0.15, 0.2) is 42.5 Å². The van der Waals surface area contributed by atoms with Crippen LogP contribution < -0.4 is 24.6 Å². The molecule has 2 heterocycles. The fourth-order valence-corrected chi connectivity index (χ4v) is 4.77. The van der Waals surface area contributed by atoms with E-state index in [1.807, 2.05) is 24.3 Å². The van der Waals surface area contributed by atoms with Crippen molar-refractivity contribution in [1.82, 2.24) is 5.32 Å². The van der Waals surface area contributed by atoms with Crippen LogP contribution in [0, 0.1) is 5.92 Å². The second-order valence-corrected chi connectivity index (χ2v) is 8.50. The van der Waals surface area contributed by atoms with Gasteiger partial charge in [0.25, 0.3) is 0 Å². The Kier molecular flexibility index (Phi) is 6.25. The Morgan fingerprint density at radius 1 is 1.13 bits per heavy atom. The van der Waals surface area contributed by atoms with E-state index in [1.54, 1.807) is 14.2 Å². The maximum Gasteiger partial charge on any atom is 0.225 e. The molecule has 6 nitrogen and oxygen atoms in total. The highest BCUT2D eigenvalue weighted by Crippen LogP contribution is 2.40. The van der Waals surface area contributed by atoms with E-state index in [9.17, 15) is 4.79 Å². The number of para-hydroxylation sites is 2. The summed E-state index contributed by atoms with van der Waals surface area (Å²) in [5.41, 5.74) is 3.49. The number of hydrogen-bond acceptors (Lipinski definition) is 5. The highest BCUT2D eigenvalue weighted by molar-refractivity contribution is 5.83. The van der Waals surface area contributed by atoms with Gasteiger partial charge >= 0.3 is 0 Å². The number of carbonyl (C=O) groups excluding carboxylic acids is 1. The minimum absolute atomic E-state index is 0.0855. The normalized spacial score (nSPS) is 21.0. The molecular weight excluding hydrogens is 390 g/mol. The zero-order chi connectivity index (χ0) is 22.0. The van der Waals surface area contributed by atoms with Crippen LogP contribution in [0.25, 0.3) is 0 Å². The summed E-state index contributed by atoms with van der Waals surface area (Å²) in [4.78, 5) is 18.1. The molecule has 6 heteroatoms. The summed E-state index contributed by atoms with van der Waals surface area (Å²) >= 11 is 0. The van der Waals surface area contributed by atoms with Crippen molar-refractivity contribution < 1.29 is 14.3 Å². The van der Waals surface area contributed by atoms with Gasteiger partial charge in [-0.1, -0.05) is 25.1 Å². The van der Waals surface area contributed by atoms with Gasteiger partial charge in [-0.05, 0) is 43.5 Å². The molecule has 166 valence electrons. The molecule has 1 fully saturated rings. The monoisotopic (exact) mass is 423 g/mol. The predicted octanol–water partition coefficient (Wildman–Crippen LogP) is 3.49. The number of ether oxygens (including phenoxy) is 2. The minimum atomic E-state index is -0.104. The Hall–Kier alpha value is -2.89. The topological polar surface area (TPSA) is 54.0 Å². The van der Waals surface area contributed by atoms with Crippen LogP contribution in [0.5, 0.6) is 11.5 Å².